The van der Waals surface area contributed by atoms with Gasteiger partial charge in [-0.15, -0.1) is 0 Å². The lowest BCUT2D eigenvalue weighted by atomic mass is 10.0. The largest absolute Gasteiger partial charge is 0.421 e. The van der Waals surface area contributed by atoms with E-state index in [1.165, 1.54) is 30.3 Å². The molecule has 5 N–H and O–H groups in total. The van der Waals surface area contributed by atoms with Crippen molar-refractivity contribution < 1.29 is 26.4 Å². The fourth-order valence-corrected chi connectivity index (χ4v) is 3.78. The Hall–Kier alpha value is -3.71. The van der Waals surface area contributed by atoms with Crippen molar-refractivity contribution in [2.45, 2.75) is 23.9 Å². The lowest BCUT2D eigenvalue weighted by Crippen LogP contribution is -2.19. The number of carbonyl (C=O) groups is 1. The molecule has 4 rings (SSSR count). The zero-order chi connectivity index (χ0) is 23.8. The Kier molecular flexibility index (Phi) is 5.68. The van der Waals surface area contributed by atoms with Crippen LogP contribution in [0.3, 0.4) is 0 Å². The molecule has 2 aromatic carbocycles. The van der Waals surface area contributed by atoms with Crippen LogP contribution in [0.2, 0.25) is 0 Å². The van der Waals surface area contributed by atoms with E-state index in [4.69, 9.17) is 5.14 Å². The van der Waals surface area contributed by atoms with Crippen molar-refractivity contribution in [1.82, 2.24) is 9.97 Å². The normalized spacial score (nSPS) is 13.8. The highest BCUT2D eigenvalue weighted by Gasteiger charge is 2.35. The second kappa shape index (κ2) is 8.33. The maximum absolute atomic E-state index is 13.5. The number of aryl methyl sites for hydroxylation is 1. The smallest absolute Gasteiger partial charge is 0.340 e. The van der Waals surface area contributed by atoms with Gasteiger partial charge in [0.2, 0.25) is 21.9 Å². The van der Waals surface area contributed by atoms with Crippen LogP contribution < -0.4 is 21.1 Å². The number of nitrogens with one attached hydrogen (secondary N) is 3. The van der Waals surface area contributed by atoms with Crippen LogP contribution in [0.1, 0.15) is 17.5 Å². The third-order valence-electron chi connectivity index (χ3n) is 4.78. The number of alkyl halides is 3. The summed E-state index contributed by atoms with van der Waals surface area (Å²) in [7, 11) is -3.97. The van der Waals surface area contributed by atoms with Gasteiger partial charge in [-0.2, -0.15) is 18.2 Å². The SMILES string of the molecule is NS(=O)(=O)c1cccc(Nc2ncc(C(F)(F)F)c(Nc3ccc4c(c3)CCC(=O)N4)n2)c1. The van der Waals surface area contributed by atoms with Crippen LogP contribution in [0.4, 0.5) is 42.0 Å². The molecule has 3 aromatic rings. The maximum Gasteiger partial charge on any atom is 0.421 e. The van der Waals surface area contributed by atoms with Gasteiger partial charge in [-0.1, -0.05) is 6.07 Å². The summed E-state index contributed by atoms with van der Waals surface area (Å²) in [5, 5.41) is 13.2. The molecule has 0 spiro atoms. The number of rotatable bonds is 5. The van der Waals surface area contributed by atoms with E-state index in [0.29, 0.717) is 24.0 Å². The van der Waals surface area contributed by atoms with Gasteiger partial charge >= 0.3 is 6.18 Å². The minimum absolute atomic E-state index is 0.124. The summed E-state index contributed by atoms with van der Waals surface area (Å²) in [6.07, 6.45) is -3.36. The molecular formula is C20H17F3N6O3S. The average Bonchev–Trinajstić information content (AvgIpc) is 2.73. The summed E-state index contributed by atoms with van der Waals surface area (Å²) in [6, 6.07) is 10.1. The number of anilines is 5. The summed E-state index contributed by atoms with van der Waals surface area (Å²) in [5.41, 5.74) is 0.860. The van der Waals surface area contributed by atoms with Crippen molar-refractivity contribution in [3.05, 3.63) is 59.8 Å². The quantitative estimate of drug-likeness (QED) is 0.440. The van der Waals surface area contributed by atoms with Gasteiger partial charge in [0.25, 0.3) is 0 Å². The highest BCUT2D eigenvalue weighted by Crippen LogP contribution is 2.36. The molecule has 0 saturated carbocycles. The molecule has 0 saturated heterocycles. The number of halogens is 3. The van der Waals surface area contributed by atoms with E-state index < -0.39 is 27.6 Å². The lowest BCUT2D eigenvalue weighted by Gasteiger charge is -2.19. The number of sulfonamides is 1. The van der Waals surface area contributed by atoms with Gasteiger partial charge < -0.3 is 16.0 Å². The van der Waals surface area contributed by atoms with Crippen molar-refractivity contribution in [3.63, 3.8) is 0 Å². The molecule has 1 aromatic heterocycles. The average molecular weight is 478 g/mol. The highest BCUT2D eigenvalue weighted by atomic mass is 32.2. The minimum Gasteiger partial charge on any atom is -0.340 e. The predicted molar refractivity (Wildman–Crippen MR) is 115 cm³/mol. The maximum atomic E-state index is 13.5. The summed E-state index contributed by atoms with van der Waals surface area (Å²) >= 11 is 0. The number of aromatic nitrogens is 2. The van der Waals surface area contributed by atoms with E-state index in [1.807, 2.05) is 0 Å². The summed E-state index contributed by atoms with van der Waals surface area (Å²) in [6.45, 7) is 0. The molecule has 2 heterocycles. The van der Waals surface area contributed by atoms with Crippen LogP contribution in [0.5, 0.6) is 0 Å². The van der Waals surface area contributed by atoms with Crippen LogP contribution in [0, 0.1) is 0 Å². The van der Waals surface area contributed by atoms with Crippen molar-refractivity contribution in [3.8, 4) is 0 Å². The Morgan fingerprint density at radius 1 is 1.03 bits per heavy atom. The number of carbonyl (C=O) groups excluding carboxylic acids is 1. The molecule has 0 fully saturated rings. The van der Waals surface area contributed by atoms with Crippen molar-refractivity contribution >= 4 is 44.8 Å². The molecule has 0 radical (unpaired) electrons. The fourth-order valence-electron chi connectivity index (χ4n) is 3.22. The van der Waals surface area contributed by atoms with E-state index in [2.05, 4.69) is 25.9 Å². The van der Waals surface area contributed by atoms with Crippen molar-refractivity contribution in [2.75, 3.05) is 16.0 Å². The molecule has 0 bridgehead atoms. The van der Waals surface area contributed by atoms with Crippen LogP contribution in [-0.2, 0) is 27.4 Å². The van der Waals surface area contributed by atoms with E-state index in [0.717, 1.165) is 5.56 Å². The van der Waals surface area contributed by atoms with Gasteiger partial charge in [-0.25, -0.2) is 18.5 Å². The second-order valence-corrected chi connectivity index (χ2v) is 8.76. The number of nitrogens with two attached hydrogens (primary N) is 1. The number of nitrogens with zero attached hydrogens (tertiary/aromatic N) is 2. The first-order chi connectivity index (χ1) is 15.5. The number of hydrogen-bond acceptors (Lipinski definition) is 7. The second-order valence-electron chi connectivity index (χ2n) is 7.20. The van der Waals surface area contributed by atoms with Crippen LogP contribution in [0.15, 0.2) is 53.6 Å². The van der Waals surface area contributed by atoms with Gasteiger partial charge in [0.05, 0.1) is 4.90 Å². The fraction of sp³-hybridized carbons (Fsp3) is 0.150. The zero-order valence-corrected chi connectivity index (χ0v) is 17.6. The third-order valence-corrected chi connectivity index (χ3v) is 5.69. The first-order valence-electron chi connectivity index (χ1n) is 9.53. The molecule has 0 aliphatic carbocycles. The first-order valence-corrected chi connectivity index (χ1v) is 11.1. The van der Waals surface area contributed by atoms with E-state index in [9.17, 15) is 26.4 Å². The Bertz CT molecular complexity index is 1350. The molecule has 9 nitrogen and oxygen atoms in total. The van der Waals surface area contributed by atoms with Gasteiger partial charge in [-0.3, -0.25) is 4.79 Å². The van der Waals surface area contributed by atoms with E-state index in [-0.39, 0.29) is 28.9 Å². The molecule has 1 aliphatic heterocycles. The van der Waals surface area contributed by atoms with Crippen molar-refractivity contribution in [1.29, 1.82) is 0 Å². The van der Waals surface area contributed by atoms with Crippen LogP contribution >= 0.6 is 0 Å². The molecule has 1 aliphatic rings. The number of benzene rings is 2. The Labute approximate surface area is 186 Å². The Balaban J connectivity index is 1.66. The molecular weight excluding hydrogens is 461 g/mol. The number of primary sulfonamides is 1. The summed E-state index contributed by atoms with van der Waals surface area (Å²) < 4.78 is 63.7. The third kappa shape index (κ3) is 5.21. The lowest BCUT2D eigenvalue weighted by molar-refractivity contribution is -0.137. The van der Waals surface area contributed by atoms with E-state index in [1.54, 1.807) is 12.1 Å². The molecule has 1 amide bonds. The molecule has 0 unspecified atom stereocenters. The standard InChI is InChI=1S/C20H17F3N6O3S/c21-20(22,23)15-10-25-19(27-12-2-1-3-14(9-12)33(24,31)32)29-18(15)26-13-5-6-16-11(8-13)4-7-17(30)28-16/h1-3,5-6,8-10H,4,7H2,(H,28,30)(H2,24,31,32)(H2,25,26,27,29). The van der Waals surface area contributed by atoms with Gasteiger partial charge in [0.15, 0.2) is 0 Å². The summed E-state index contributed by atoms with van der Waals surface area (Å²) in [5.74, 6) is -0.815. The van der Waals surface area contributed by atoms with Crippen LogP contribution in [-0.4, -0.2) is 24.3 Å². The zero-order valence-electron chi connectivity index (χ0n) is 16.8. The molecule has 13 heteroatoms. The highest BCUT2D eigenvalue weighted by molar-refractivity contribution is 7.89. The Morgan fingerprint density at radius 2 is 1.79 bits per heavy atom. The molecule has 0 atom stereocenters. The Morgan fingerprint density at radius 3 is 2.52 bits per heavy atom. The van der Waals surface area contributed by atoms with Crippen molar-refractivity contribution in [2.24, 2.45) is 5.14 Å². The number of amides is 1. The predicted octanol–water partition coefficient (Wildman–Crippen LogP) is 3.51. The molecule has 33 heavy (non-hydrogen) atoms. The molecule has 172 valence electrons. The first kappa shape index (κ1) is 22.5. The van der Waals surface area contributed by atoms with E-state index >= 15 is 0 Å². The van der Waals surface area contributed by atoms with Gasteiger partial charge in [-0.05, 0) is 48.4 Å². The topological polar surface area (TPSA) is 139 Å². The minimum atomic E-state index is -4.73. The van der Waals surface area contributed by atoms with Crippen LogP contribution in [0.25, 0.3) is 0 Å². The number of fused-ring (bicyclic) bond motifs is 1. The van der Waals surface area contributed by atoms with Gasteiger partial charge in [0.1, 0.15) is 11.4 Å². The van der Waals surface area contributed by atoms with Gasteiger partial charge in [0, 0.05) is 29.7 Å². The number of hydrogen-bond donors (Lipinski definition) is 4. The summed E-state index contributed by atoms with van der Waals surface area (Å²) in [4.78, 5) is 19.0. The monoisotopic (exact) mass is 478 g/mol.